The lowest BCUT2D eigenvalue weighted by atomic mass is 9.72. The Morgan fingerprint density at radius 2 is 1.78 bits per heavy atom. The van der Waals surface area contributed by atoms with E-state index >= 15 is 0 Å². The first kappa shape index (κ1) is 15.0. The number of para-hydroxylation sites is 1. The lowest BCUT2D eigenvalue weighted by Crippen LogP contribution is -2.46. The summed E-state index contributed by atoms with van der Waals surface area (Å²) in [5.74, 6) is 0.704. The maximum absolute atomic E-state index is 10.9. The van der Waals surface area contributed by atoms with Crippen LogP contribution < -0.4 is 10.5 Å². The Morgan fingerprint density at radius 1 is 1.22 bits per heavy atom. The third kappa shape index (κ3) is 2.85. The van der Waals surface area contributed by atoms with Crippen molar-refractivity contribution in [2.75, 3.05) is 6.54 Å². The molecule has 0 aliphatic rings. The molecule has 0 aliphatic heterocycles. The number of nitrogens with two attached hydrogens (primary N) is 1. The van der Waals surface area contributed by atoms with Gasteiger partial charge in [-0.15, -0.1) is 0 Å². The monoisotopic (exact) mass is 251 g/mol. The zero-order valence-electron chi connectivity index (χ0n) is 12.0. The smallest absolute Gasteiger partial charge is 0.125 e. The minimum Gasteiger partial charge on any atom is -0.491 e. The quantitative estimate of drug-likeness (QED) is 0.865. The lowest BCUT2D eigenvalue weighted by molar-refractivity contribution is -0.0579. The van der Waals surface area contributed by atoms with Crippen LogP contribution in [0.15, 0.2) is 24.3 Å². The van der Waals surface area contributed by atoms with Crippen molar-refractivity contribution < 1.29 is 9.84 Å². The summed E-state index contributed by atoms with van der Waals surface area (Å²) < 4.78 is 5.77. The first-order valence-electron chi connectivity index (χ1n) is 6.41. The molecule has 0 saturated carbocycles. The van der Waals surface area contributed by atoms with E-state index < -0.39 is 5.60 Å². The minimum absolute atomic E-state index is 0.0631. The van der Waals surface area contributed by atoms with Gasteiger partial charge in [0.05, 0.1) is 6.10 Å². The summed E-state index contributed by atoms with van der Waals surface area (Å²) in [5.41, 5.74) is 5.12. The van der Waals surface area contributed by atoms with Crippen LogP contribution in [0.5, 0.6) is 5.75 Å². The number of benzene rings is 1. The third-order valence-corrected chi connectivity index (χ3v) is 3.23. The van der Waals surface area contributed by atoms with Crippen LogP contribution in [0.1, 0.15) is 40.2 Å². The minimum atomic E-state index is -1.10. The van der Waals surface area contributed by atoms with Gasteiger partial charge in [-0.25, -0.2) is 0 Å². The van der Waals surface area contributed by atoms with Gasteiger partial charge in [0.1, 0.15) is 11.4 Å². The van der Waals surface area contributed by atoms with Crippen molar-refractivity contribution >= 4 is 0 Å². The van der Waals surface area contributed by atoms with E-state index in [0.717, 1.165) is 5.56 Å². The molecule has 0 amide bonds. The lowest BCUT2D eigenvalue weighted by Gasteiger charge is -2.40. The second kappa shape index (κ2) is 5.29. The van der Waals surface area contributed by atoms with Crippen LogP contribution in [0.2, 0.25) is 0 Å². The van der Waals surface area contributed by atoms with E-state index in [-0.39, 0.29) is 18.1 Å². The molecule has 0 heterocycles. The van der Waals surface area contributed by atoms with Crippen LogP contribution in [0.3, 0.4) is 0 Å². The summed E-state index contributed by atoms with van der Waals surface area (Å²) in [7, 11) is 0. The zero-order chi connectivity index (χ0) is 14.0. The normalized spacial score (nSPS) is 15.6. The molecule has 1 rings (SSSR count). The van der Waals surface area contributed by atoms with Crippen LogP contribution in [-0.2, 0) is 5.60 Å². The number of hydrogen-bond donors (Lipinski definition) is 2. The van der Waals surface area contributed by atoms with Crippen LogP contribution in [0, 0.1) is 5.41 Å². The molecule has 1 atom stereocenters. The fraction of sp³-hybridized carbons (Fsp3) is 0.600. The van der Waals surface area contributed by atoms with Gasteiger partial charge >= 0.3 is 0 Å². The van der Waals surface area contributed by atoms with Crippen LogP contribution in [-0.4, -0.2) is 17.8 Å². The Bertz CT molecular complexity index is 396. The Morgan fingerprint density at radius 3 is 2.22 bits per heavy atom. The predicted molar refractivity (Wildman–Crippen MR) is 74.6 cm³/mol. The van der Waals surface area contributed by atoms with E-state index in [1.54, 1.807) is 0 Å². The molecule has 0 fully saturated rings. The first-order chi connectivity index (χ1) is 8.22. The molecular weight excluding hydrogens is 226 g/mol. The highest BCUT2D eigenvalue weighted by molar-refractivity contribution is 5.39. The maximum Gasteiger partial charge on any atom is 0.125 e. The molecule has 1 unspecified atom stereocenters. The molecule has 0 aliphatic carbocycles. The van der Waals surface area contributed by atoms with Gasteiger partial charge in [0.15, 0.2) is 0 Å². The summed E-state index contributed by atoms with van der Waals surface area (Å²) in [6.07, 6.45) is 0.0631. The van der Waals surface area contributed by atoms with Crippen LogP contribution in [0.4, 0.5) is 0 Å². The molecule has 1 aromatic carbocycles. The van der Waals surface area contributed by atoms with E-state index in [2.05, 4.69) is 0 Å². The van der Waals surface area contributed by atoms with Gasteiger partial charge in [0.2, 0.25) is 0 Å². The molecule has 102 valence electrons. The van der Waals surface area contributed by atoms with E-state index in [9.17, 15) is 5.11 Å². The van der Waals surface area contributed by atoms with Crippen molar-refractivity contribution in [1.82, 2.24) is 0 Å². The van der Waals surface area contributed by atoms with Crippen molar-refractivity contribution in [3.8, 4) is 5.75 Å². The second-order valence-electron chi connectivity index (χ2n) is 5.98. The van der Waals surface area contributed by atoms with E-state index in [0.29, 0.717) is 5.75 Å². The van der Waals surface area contributed by atoms with E-state index in [4.69, 9.17) is 10.5 Å². The van der Waals surface area contributed by atoms with Gasteiger partial charge in [0, 0.05) is 12.1 Å². The van der Waals surface area contributed by atoms with Crippen molar-refractivity contribution in [2.45, 2.75) is 46.3 Å². The molecule has 3 heteroatoms. The predicted octanol–water partition coefficient (Wildman–Crippen LogP) is 2.67. The number of aliphatic hydroxyl groups is 1. The second-order valence-corrected chi connectivity index (χ2v) is 5.98. The maximum atomic E-state index is 10.9. The highest BCUT2D eigenvalue weighted by atomic mass is 16.5. The molecule has 0 bridgehead atoms. The summed E-state index contributed by atoms with van der Waals surface area (Å²) >= 11 is 0. The summed E-state index contributed by atoms with van der Waals surface area (Å²) in [4.78, 5) is 0. The van der Waals surface area contributed by atoms with Crippen molar-refractivity contribution in [2.24, 2.45) is 11.1 Å². The third-order valence-electron chi connectivity index (χ3n) is 3.23. The highest BCUT2D eigenvalue weighted by Gasteiger charge is 2.42. The zero-order valence-corrected chi connectivity index (χ0v) is 12.0. The Labute approximate surface area is 110 Å². The average molecular weight is 251 g/mol. The average Bonchev–Trinajstić information content (AvgIpc) is 2.26. The van der Waals surface area contributed by atoms with E-state index in [1.807, 2.05) is 58.9 Å². The number of hydrogen-bond acceptors (Lipinski definition) is 3. The molecule has 1 aromatic rings. The van der Waals surface area contributed by atoms with Gasteiger partial charge < -0.3 is 15.6 Å². The van der Waals surface area contributed by atoms with Gasteiger partial charge in [-0.05, 0) is 25.3 Å². The van der Waals surface area contributed by atoms with Gasteiger partial charge in [-0.1, -0.05) is 39.0 Å². The van der Waals surface area contributed by atoms with E-state index in [1.165, 1.54) is 0 Å². The fourth-order valence-corrected chi connectivity index (χ4v) is 1.99. The summed E-state index contributed by atoms with van der Waals surface area (Å²) in [5, 5.41) is 10.9. The Hall–Kier alpha value is -1.06. The van der Waals surface area contributed by atoms with Gasteiger partial charge in [-0.3, -0.25) is 0 Å². The van der Waals surface area contributed by atoms with Crippen molar-refractivity contribution in [3.63, 3.8) is 0 Å². The standard InChI is InChI=1S/C15H25NO2/c1-11(2)18-13-9-7-6-8-12(13)15(17,10-16)14(3,4)5/h6-9,11,17H,10,16H2,1-5H3. The van der Waals surface area contributed by atoms with Crippen molar-refractivity contribution in [3.05, 3.63) is 29.8 Å². The van der Waals surface area contributed by atoms with Gasteiger partial charge in [0.25, 0.3) is 0 Å². The topological polar surface area (TPSA) is 55.5 Å². The SMILES string of the molecule is CC(C)Oc1ccccc1C(O)(CN)C(C)(C)C. The molecule has 0 aromatic heterocycles. The molecule has 3 N–H and O–H groups in total. The molecular formula is C15H25NO2. The summed E-state index contributed by atoms with van der Waals surface area (Å²) in [6.45, 7) is 10.0. The number of rotatable bonds is 4. The molecule has 3 nitrogen and oxygen atoms in total. The number of ether oxygens (including phenoxy) is 1. The first-order valence-corrected chi connectivity index (χ1v) is 6.41. The van der Waals surface area contributed by atoms with Gasteiger partial charge in [-0.2, -0.15) is 0 Å². The van der Waals surface area contributed by atoms with Crippen LogP contribution >= 0.6 is 0 Å². The largest absolute Gasteiger partial charge is 0.491 e. The Kier molecular flexibility index (Phi) is 4.41. The molecule has 0 saturated heterocycles. The molecule has 0 radical (unpaired) electrons. The molecule has 0 spiro atoms. The summed E-state index contributed by atoms with van der Waals surface area (Å²) in [6, 6.07) is 7.56. The molecule has 18 heavy (non-hydrogen) atoms. The highest BCUT2D eigenvalue weighted by Crippen LogP contribution is 2.42. The van der Waals surface area contributed by atoms with Crippen molar-refractivity contribution in [1.29, 1.82) is 0 Å². The Balaban J connectivity index is 3.30. The fourth-order valence-electron chi connectivity index (χ4n) is 1.99. The van der Waals surface area contributed by atoms with Crippen LogP contribution in [0.25, 0.3) is 0 Å².